The Morgan fingerprint density at radius 2 is 1.90 bits per heavy atom. The summed E-state index contributed by atoms with van der Waals surface area (Å²) in [6.45, 7) is 3.68. The van der Waals surface area contributed by atoms with Gasteiger partial charge in [0.15, 0.2) is 6.61 Å². The van der Waals surface area contributed by atoms with Gasteiger partial charge in [-0.15, -0.1) is 0 Å². The predicted octanol–water partition coefficient (Wildman–Crippen LogP) is 4.19. The SMILES string of the molecule is CCCN(CC(=O)Nc1ccccc1C)C(=O)COC(=O)/C=C/c1cccc(Br)c1. The molecule has 7 heteroatoms. The quantitative estimate of drug-likeness (QED) is 0.438. The molecule has 0 aromatic heterocycles. The molecule has 6 nitrogen and oxygen atoms in total. The highest BCUT2D eigenvalue weighted by molar-refractivity contribution is 9.10. The number of hydrogen-bond acceptors (Lipinski definition) is 4. The largest absolute Gasteiger partial charge is 0.452 e. The molecule has 1 N–H and O–H groups in total. The zero-order valence-electron chi connectivity index (χ0n) is 17.1. The molecule has 0 fully saturated rings. The number of halogens is 1. The highest BCUT2D eigenvalue weighted by Crippen LogP contribution is 2.14. The average molecular weight is 473 g/mol. The Labute approximate surface area is 185 Å². The van der Waals surface area contributed by atoms with Crippen LogP contribution < -0.4 is 5.32 Å². The first-order valence-corrected chi connectivity index (χ1v) is 10.4. The van der Waals surface area contributed by atoms with Crippen molar-refractivity contribution in [2.24, 2.45) is 0 Å². The second kappa shape index (κ2) is 11.9. The Morgan fingerprint density at radius 3 is 2.60 bits per heavy atom. The second-order valence-electron chi connectivity index (χ2n) is 6.67. The number of benzene rings is 2. The van der Waals surface area contributed by atoms with Gasteiger partial charge >= 0.3 is 5.97 Å². The smallest absolute Gasteiger partial charge is 0.331 e. The van der Waals surface area contributed by atoms with Crippen molar-refractivity contribution in [1.29, 1.82) is 0 Å². The molecular formula is C23H25BrN2O4. The molecule has 0 aliphatic rings. The van der Waals surface area contributed by atoms with Crippen LogP contribution in [0.4, 0.5) is 5.69 Å². The molecule has 0 bridgehead atoms. The monoisotopic (exact) mass is 472 g/mol. The maximum atomic E-state index is 12.4. The van der Waals surface area contributed by atoms with Crippen LogP contribution in [0.5, 0.6) is 0 Å². The third-order valence-electron chi connectivity index (χ3n) is 4.20. The second-order valence-corrected chi connectivity index (χ2v) is 7.59. The van der Waals surface area contributed by atoms with Crippen LogP contribution >= 0.6 is 15.9 Å². The van der Waals surface area contributed by atoms with Gasteiger partial charge in [0.2, 0.25) is 5.91 Å². The number of rotatable bonds is 9. The normalized spacial score (nSPS) is 10.6. The van der Waals surface area contributed by atoms with E-state index in [0.717, 1.165) is 15.6 Å². The fourth-order valence-corrected chi connectivity index (χ4v) is 3.10. The van der Waals surface area contributed by atoms with Gasteiger partial charge in [-0.25, -0.2) is 4.79 Å². The molecule has 0 spiro atoms. The van der Waals surface area contributed by atoms with Crippen molar-refractivity contribution in [3.63, 3.8) is 0 Å². The Bertz CT molecular complexity index is 927. The number of nitrogens with one attached hydrogen (secondary N) is 1. The van der Waals surface area contributed by atoms with Crippen LogP contribution in [0.1, 0.15) is 24.5 Å². The highest BCUT2D eigenvalue weighted by Gasteiger charge is 2.18. The fraction of sp³-hybridized carbons (Fsp3) is 0.261. The summed E-state index contributed by atoms with van der Waals surface area (Å²) in [6.07, 6.45) is 3.56. The standard InChI is InChI=1S/C23H25BrN2O4/c1-3-13-26(15-21(27)25-20-10-5-4-7-17(20)2)22(28)16-30-23(29)12-11-18-8-6-9-19(24)14-18/h4-12,14H,3,13,15-16H2,1-2H3,(H,25,27)/b12-11+. The van der Waals surface area contributed by atoms with Gasteiger partial charge in [0, 0.05) is 22.8 Å². The molecular weight excluding hydrogens is 448 g/mol. The van der Waals surface area contributed by atoms with Gasteiger partial charge in [0.05, 0.1) is 6.54 Å². The Hall–Kier alpha value is -2.93. The van der Waals surface area contributed by atoms with Crippen molar-refractivity contribution in [1.82, 2.24) is 4.90 Å². The summed E-state index contributed by atoms with van der Waals surface area (Å²) >= 11 is 3.36. The number of para-hydroxylation sites is 1. The summed E-state index contributed by atoms with van der Waals surface area (Å²) in [5, 5.41) is 2.81. The summed E-state index contributed by atoms with van der Waals surface area (Å²) in [4.78, 5) is 38.1. The van der Waals surface area contributed by atoms with Crippen molar-refractivity contribution in [2.75, 3.05) is 25.0 Å². The van der Waals surface area contributed by atoms with E-state index in [4.69, 9.17) is 4.74 Å². The van der Waals surface area contributed by atoms with E-state index in [0.29, 0.717) is 18.7 Å². The topological polar surface area (TPSA) is 75.7 Å². The maximum absolute atomic E-state index is 12.4. The lowest BCUT2D eigenvalue weighted by atomic mass is 10.2. The van der Waals surface area contributed by atoms with Crippen LogP contribution in [0.3, 0.4) is 0 Å². The summed E-state index contributed by atoms with van der Waals surface area (Å²) < 4.78 is 5.94. The maximum Gasteiger partial charge on any atom is 0.331 e. The van der Waals surface area contributed by atoms with Crippen LogP contribution in [0, 0.1) is 6.92 Å². The third kappa shape index (κ3) is 7.83. The number of amides is 2. The number of carbonyl (C=O) groups is 3. The molecule has 0 aliphatic carbocycles. The van der Waals surface area contributed by atoms with Gasteiger partial charge in [-0.2, -0.15) is 0 Å². The van der Waals surface area contributed by atoms with E-state index in [1.165, 1.54) is 11.0 Å². The van der Waals surface area contributed by atoms with Crippen LogP contribution in [-0.2, 0) is 19.1 Å². The first-order chi connectivity index (χ1) is 14.4. The molecule has 0 unspecified atom stereocenters. The van der Waals surface area contributed by atoms with Gasteiger partial charge in [0.1, 0.15) is 0 Å². The molecule has 0 aliphatic heterocycles. The van der Waals surface area contributed by atoms with E-state index in [-0.39, 0.29) is 12.5 Å². The van der Waals surface area contributed by atoms with E-state index in [1.54, 1.807) is 12.1 Å². The van der Waals surface area contributed by atoms with Gasteiger partial charge < -0.3 is 15.0 Å². The van der Waals surface area contributed by atoms with Gasteiger partial charge in [-0.05, 0) is 48.7 Å². The number of hydrogen-bond donors (Lipinski definition) is 1. The molecule has 2 amide bonds. The number of ether oxygens (including phenoxy) is 1. The number of esters is 1. The molecule has 0 heterocycles. The average Bonchev–Trinajstić information content (AvgIpc) is 2.72. The molecule has 30 heavy (non-hydrogen) atoms. The zero-order valence-corrected chi connectivity index (χ0v) is 18.6. The molecule has 2 rings (SSSR count). The fourth-order valence-electron chi connectivity index (χ4n) is 2.68. The van der Waals surface area contributed by atoms with E-state index in [9.17, 15) is 14.4 Å². The lowest BCUT2D eigenvalue weighted by molar-refractivity contribution is -0.148. The predicted molar refractivity (Wildman–Crippen MR) is 121 cm³/mol. The number of aryl methyl sites for hydroxylation is 1. The van der Waals surface area contributed by atoms with E-state index < -0.39 is 18.5 Å². The first kappa shape index (κ1) is 23.3. The molecule has 0 radical (unpaired) electrons. The molecule has 2 aromatic carbocycles. The summed E-state index contributed by atoms with van der Waals surface area (Å²) in [7, 11) is 0. The van der Waals surface area contributed by atoms with Gasteiger partial charge in [0.25, 0.3) is 5.91 Å². The van der Waals surface area contributed by atoms with Gasteiger partial charge in [-0.3, -0.25) is 9.59 Å². The number of carbonyl (C=O) groups excluding carboxylic acids is 3. The molecule has 2 aromatic rings. The Kier molecular flexibility index (Phi) is 9.28. The van der Waals surface area contributed by atoms with Crippen molar-refractivity contribution >= 4 is 45.5 Å². The van der Waals surface area contributed by atoms with Crippen molar-refractivity contribution in [3.8, 4) is 0 Å². The van der Waals surface area contributed by atoms with Crippen LogP contribution in [0.2, 0.25) is 0 Å². The van der Waals surface area contributed by atoms with Crippen molar-refractivity contribution in [3.05, 3.63) is 70.2 Å². The van der Waals surface area contributed by atoms with Crippen LogP contribution in [0.15, 0.2) is 59.1 Å². The van der Waals surface area contributed by atoms with Crippen molar-refractivity contribution < 1.29 is 19.1 Å². The lowest BCUT2D eigenvalue weighted by Gasteiger charge is -2.21. The molecule has 0 saturated carbocycles. The van der Waals surface area contributed by atoms with E-state index >= 15 is 0 Å². The molecule has 0 saturated heterocycles. The van der Waals surface area contributed by atoms with Gasteiger partial charge in [-0.1, -0.05) is 53.2 Å². The summed E-state index contributed by atoms with van der Waals surface area (Å²) in [6, 6.07) is 14.8. The van der Waals surface area contributed by atoms with Crippen LogP contribution in [0.25, 0.3) is 6.08 Å². The molecule has 0 atom stereocenters. The highest BCUT2D eigenvalue weighted by atomic mass is 79.9. The minimum Gasteiger partial charge on any atom is -0.452 e. The Morgan fingerprint density at radius 1 is 1.13 bits per heavy atom. The third-order valence-corrected chi connectivity index (χ3v) is 4.69. The van der Waals surface area contributed by atoms with E-state index in [1.807, 2.05) is 56.3 Å². The number of nitrogens with zero attached hydrogens (tertiary/aromatic N) is 1. The van der Waals surface area contributed by atoms with Crippen LogP contribution in [-0.4, -0.2) is 42.4 Å². The van der Waals surface area contributed by atoms with Crippen molar-refractivity contribution in [2.45, 2.75) is 20.3 Å². The number of anilines is 1. The minimum absolute atomic E-state index is 0.105. The Balaban J connectivity index is 1.87. The minimum atomic E-state index is -0.621. The molecule has 158 valence electrons. The summed E-state index contributed by atoms with van der Waals surface area (Å²) in [5.74, 6) is -1.34. The summed E-state index contributed by atoms with van der Waals surface area (Å²) in [5.41, 5.74) is 2.47. The van der Waals surface area contributed by atoms with E-state index in [2.05, 4.69) is 21.2 Å². The first-order valence-electron chi connectivity index (χ1n) is 9.62. The zero-order chi connectivity index (χ0) is 21.9. The lowest BCUT2D eigenvalue weighted by Crippen LogP contribution is -2.40.